The first-order chi connectivity index (χ1) is 11.4. The lowest BCUT2D eigenvalue weighted by atomic mass is 9.91. The van der Waals surface area contributed by atoms with Gasteiger partial charge in [0.05, 0.1) is 5.56 Å². The van der Waals surface area contributed by atoms with Crippen LogP contribution < -0.4 is 11.3 Å². The van der Waals surface area contributed by atoms with Gasteiger partial charge in [-0.25, -0.2) is 9.59 Å². The summed E-state index contributed by atoms with van der Waals surface area (Å²) >= 11 is 5.55. The summed E-state index contributed by atoms with van der Waals surface area (Å²) in [7, 11) is 0. The number of carbonyl (C=O) groups is 2. The molecule has 0 atom stereocenters. The van der Waals surface area contributed by atoms with Crippen molar-refractivity contribution in [3.05, 3.63) is 50.3 Å². The van der Waals surface area contributed by atoms with Crippen LogP contribution in [0.25, 0.3) is 11.1 Å². The zero-order valence-electron chi connectivity index (χ0n) is 11.9. The maximum atomic E-state index is 13.3. The van der Waals surface area contributed by atoms with Crippen LogP contribution in [0.15, 0.2) is 23.0 Å². The number of benzene rings is 1. The van der Waals surface area contributed by atoms with Crippen molar-refractivity contribution in [1.82, 2.24) is 4.98 Å². The lowest BCUT2D eigenvalue weighted by Crippen LogP contribution is -2.25. The van der Waals surface area contributed by atoms with Crippen molar-refractivity contribution in [2.24, 2.45) is 0 Å². The third kappa shape index (κ3) is 3.29. The lowest BCUT2D eigenvalue weighted by molar-refractivity contribution is -0.137. The van der Waals surface area contributed by atoms with Gasteiger partial charge in [0.2, 0.25) is 0 Å². The molecular weight excluding hydrogens is 369 g/mol. The molecule has 11 heteroatoms. The number of aromatic carboxylic acids is 2. The molecule has 5 N–H and O–H groups in total. The van der Waals surface area contributed by atoms with Gasteiger partial charge in [0.15, 0.2) is 0 Å². The normalized spacial score (nSPS) is 11.4. The van der Waals surface area contributed by atoms with Gasteiger partial charge in [0, 0.05) is 10.6 Å². The van der Waals surface area contributed by atoms with Crippen molar-refractivity contribution in [3.63, 3.8) is 0 Å². The van der Waals surface area contributed by atoms with Crippen LogP contribution in [0.3, 0.4) is 0 Å². The molecule has 7 nitrogen and oxygen atoms in total. The highest BCUT2D eigenvalue weighted by Crippen LogP contribution is 2.41. The molecule has 0 radical (unpaired) electrons. The van der Waals surface area contributed by atoms with Gasteiger partial charge in [-0.2, -0.15) is 13.2 Å². The first-order valence-corrected chi connectivity index (χ1v) is 6.72. The summed E-state index contributed by atoms with van der Waals surface area (Å²) in [6.45, 7) is 0. The van der Waals surface area contributed by atoms with Crippen molar-refractivity contribution >= 4 is 29.4 Å². The molecule has 0 aliphatic carbocycles. The number of H-pyrrole nitrogens is 1. The van der Waals surface area contributed by atoms with E-state index < -0.39 is 57.3 Å². The fraction of sp³-hybridized carbons (Fsp3) is 0.0714. The van der Waals surface area contributed by atoms with Crippen LogP contribution in [0, 0.1) is 0 Å². The molecular formula is C14H8ClF3N2O5. The molecule has 0 unspecified atom stereocenters. The molecule has 0 saturated heterocycles. The Balaban J connectivity index is 3.10. The van der Waals surface area contributed by atoms with Crippen molar-refractivity contribution in [2.45, 2.75) is 6.18 Å². The molecule has 0 aliphatic heterocycles. The van der Waals surface area contributed by atoms with Crippen molar-refractivity contribution < 1.29 is 33.0 Å². The van der Waals surface area contributed by atoms with E-state index >= 15 is 0 Å². The predicted molar refractivity (Wildman–Crippen MR) is 80.8 cm³/mol. The van der Waals surface area contributed by atoms with E-state index in [0.717, 1.165) is 12.1 Å². The first kappa shape index (κ1) is 18.3. The number of nitrogen functional groups attached to an aromatic ring is 1. The molecule has 25 heavy (non-hydrogen) atoms. The van der Waals surface area contributed by atoms with Crippen LogP contribution in [0.4, 0.5) is 19.0 Å². The number of hydrogen-bond donors (Lipinski definition) is 4. The molecule has 1 aromatic carbocycles. The lowest BCUT2D eigenvalue weighted by Gasteiger charge is -2.17. The number of anilines is 1. The molecule has 132 valence electrons. The first-order valence-electron chi connectivity index (χ1n) is 6.34. The molecule has 1 heterocycles. The number of carboxylic acid groups (broad SMARTS) is 2. The maximum absolute atomic E-state index is 13.3. The van der Waals surface area contributed by atoms with Gasteiger partial charge in [-0.3, -0.25) is 4.79 Å². The average Bonchev–Trinajstić information content (AvgIpc) is 2.44. The smallest absolute Gasteiger partial charge is 0.417 e. The van der Waals surface area contributed by atoms with E-state index in [-0.39, 0.29) is 5.02 Å². The molecule has 0 aliphatic rings. The Hall–Kier alpha value is -3.01. The third-order valence-electron chi connectivity index (χ3n) is 3.23. The number of rotatable bonds is 3. The van der Waals surface area contributed by atoms with Gasteiger partial charge >= 0.3 is 18.1 Å². The molecule has 2 aromatic rings. The topological polar surface area (TPSA) is 133 Å². The Kier molecular flexibility index (Phi) is 4.49. The number of carboxylic acids is 2. The fourth-order valence-electron chi connectivity index (χ4n) is 2.29. The summed E-state index contributed by atoms with van der Waals surface area (Å²) in [6.07, 6.45) is -5.00. The van der Waals surface area contributed by atoms with Gasteiger partial charge in [-0.05, 0) is 17.7 Å². The maximum Gasteiger partial charge on any atom is 0.417 e. The highest BCUT2D eigenvalue weighted by Gasteiger charge is 2.37. The number of nitrogens with two attached hydrogens (primary N) is 1. The Morgan fingerprint density at radius 3 is 2.16 bits per heavy atom. The molecule has 0 saturated carbocycles. The number of nitrogens with one attached hydrogen (secondary N) is 1. The van der Waals surface area contributed by atoms with E-state index in [4.69, 9.17) is 17.3 Å². The molecule has 0 spiro atoms. The zero-order chi connectivity index (χ0) is 19.1. The molecule has 1 aromatic heterocycles. The van der Waals surface area contributed by atoms with Crippen LogP contribution in [0.5, 0.6) is 0 Å². The zero-order valence-corrected chi connectivity index (χ0v) is 12.7. The number of aromatic amines is 1. The van der Waals surface area contributed by atoms with Crippen LogP contribution >= 0.6 is 11.6 Å². The van der Waals surface area contributed by atoms with E-state index in [0.29, 0.717) is 6.07 Å². The van der Waals surface area contributed by atoms with Crippen molar-refractivity contribution in [3.8, 4) is 11.1 Å². The molecule has 0 fully saturated rings. The van der Waals surface area contributed by atoms with E-state index in [2.05, 4.69) is 0 Å². The molecule has 0 bridgehead atoms. The molecule has 0 amide bonds. The van der Waals surface area contributed by atoms with Crippen LogP contribution in [-0.2, 0) is 6.18 Å². The Morgan fingerprint density at radius 1 is 1.12 bits per heavy atom. The Labute approximate surface area is 141 Å². The van der Waals surface area contributed by atoms with Gasteiger partial charge < -0.3 is 20.9 Å². The second-order valence-electron chi connectivity index (χ2n) is 4.79. The number of pyridine rings is 1. The fourth-order valence-corrected chi connectivity index (χ4v) is 2.46. The van der Waals surface area contributed by atoms with E-state index in [1.165, 1.54) is 0 Å². The van der Waals surface area contributed by atoms with Crippen molar-refractivity contribution in [2.75, 3.05) is 5.73 Å². The highest BCUT2D eigenvalue weighted by molar-refractivity contribution is 6.30. The minimum Gasteiger partial charge on any atom is -0.478 e. The SMILES string of the molecule is Nc1[nH]c(=O)c(C(=O)O)c(-c2ccc(Cl)cc2C(F)(F)F)c1C(=O)O. The summed E-state index contributed by atoms with van der Waals surface area (Å²) < 4.78 is 39.9. The quantitative estimate of drug-likeness (QED) is 0.650. The van der Waals surface area contributed by atoms with E-state index in [9.17, 15) is 37.8 Å². The van der Waals surface area contributed by atoms with Crippen LogP contribution in [0.2, 0.25) is 5.02 Å². The standard InChI is InChI=1S/C14H8ClF3N2O5/c15-4-1-2-5(6(3-4)14(16,17)18)7-8(12(22)23)10(19)20-11(21)9(7)13(24)25/h1-3H,(H,22,23)(H,24,25)(H3,19,20,21). The highest BCUT2D eigenvalue weighted by atomic mass is 35.5. The summed E-state index contributed by atoms with van der Waals surface area (Å²) in [4.78, 5) is 36.5. The average molecular weight is 377 g/mol. The predicted octanol–water partition coefficient (Wildman–Crippen LogP) is 2.69. The van der Waals surface area contributed by atoms with E-state index in [1.807, 2.05) is 0 Å². The number of halogens is 4. The van der Waals surface area contributed by atoms with E-state index in [1.54, 1.807) is 4.98 Å². The van der Waals surface area contributed by atoms with Crippen LogP contribution in [0.1, 0.15) is 26.3 Å². The van der Waals surface area contributed by atoms with Gasteiger partial charge in [0.25, 0.3) is 5.56 Å². The second-order valence-corrected chi connectivity index (χ2v) is 5.23. The van der Waals surface area contributed by atoms with Gasteiger partial charge in [-0.1, -0.05) is 17.7 Å². The van der Waals surface area contributed by atoms with Crippen molar-refractivity contribution in [1.29, 1.82) is 0 Å². The Bertz CT molecular complexity index is 953. The summed E-state index contributed by atoms with van der Waals surface area (Å²) in [5.74, 6) is -4.50. The number of aromatic nitrogens is 1. The summed E-state index contributed by atoms with van der Waals surface area (Å²) in [5, 5.41) is 18.1. The largest absolute Gasteiger partial charge is 0.478 e. The second kappa shape index (κ2) is 6.13. The van der Waals surface area contributed by atoms with Gasteiger partial charge in [-0.15, -0.1) is 0 Å². The Morgan fingerprint density at radius 2 is 1.68 bits per heavy atom. The monoisotopic (exact) mass is 376 g/mol. The van der Waals surface area contributed by atoms with Gasteiger partial charge in [0.1, 0.15) is 16.9 Å². The summed E-state index contributed by atoms with van der Waals surface area (Å²) in [6, 6.07) is 2.27. The minimum absolute atomic E-state index is 0.317. The molecule has 2 rings (SSSR count). The van der Waals surface area contributed by atoms with Crippen LogP contribution in [-0.4, -0.2) is 27.1 Å². The third-order valence-corrected chi connectivity index (χ3v) is 3.46. The number of alkyl halides is 3. The number of hydrogen-bond acceptors (Lipinski definition) is 4. The minimum atomic E-state index is -5.00. The summed E-state index contributed by atoms with van der Waals surface area (Å²) in [5.41, 5.74) is -1.31.